The van der Waals surface area contributed by atoms with Gasteiger partial charge in [0, 0.05) is 23.4 Å². The third kappa shape index (κ3) is 4.99. The molecule has 0 radical (unpaired) electrons. The van der Waals surface area contributed by atoms with Gasteiger partial charge >= 0.3 is 5.91 Å². The predicted octanol–water partition coefficient (Wildman–Crippen LogP) is 3.90. The van der Waals surface area contributed by atoms with E-state index in [0.717, 1.165) is 35.4 Å². The minimum atomic E-state index is -0.509. The average molecular weight is 409 g/mol. The second-order valence-corrected chi connectivity index (χ2v) is 6.79. The quantitative estimate of drug-likeness (QED) is 0.435. The van der Waals surface area contributed by atoms with Gasteiger partial charge in [-0.3, -0.25) is 25.3 Å². The molecule has 7 heteroatoms. The van der Waals surface area contributed by atoms with Crippen LogP contribution in [0.3, 0.4) is 0 Å². The summed E-state index contributed by atoms with van der Waals surface area (Å²) >= 11 is 0. The fourth-order valence-corrected chi connectivity index (χ4v) is 3.19. The number of nitrogens with one attached hydrogen (secondary N) is 2. The molecule has 0 aliphatic rings. The number of hydrazine groups is 1. The average Bonchev–Trinajstić information content (AvgIpc) is 3.38. The van der Waals surface area contributed by atoms with Gasteiger partial charge in [-0.25, -0.2) is 0 Å². The van der Waals surface area contributed by atoms with Crippen LogP contribution < -0.4 is 10.9 Å². The minimum Gasteiger partial charge on any atom is -0.460 e. The maximum Gasteiger partial charge on any atom is 0.305 e. The number of hydrogen-bond donors (Lipinski definition) is 2. The Kier molecular flexibility index (Phi) is 7.08. The molecule has 0 fully saturated rings. The molecule has 1 aromatic carbocycles. The first-order chi connectivity index (χ1) is 14.5. The topological polar surface area (TPSA) is 87.7 Å². The van der Waals surface area contributed by atoms with E-state index in [1.807, 2.05) is 31.2 Å². The number of nitrogens with zero attached hydrogens (tertiary/aromatic N) is 1. The minimum absolute atomic E-state index is 0.149. The van der Waals surface area contributed by atoms with Gasteiger partial charge in [0.15, 0.2) is 5.76 Å². The van der Waals surface area contributed by atoms with Crippen LogP contribution in [0.25, 0.3) is 17.0 Å². The number of furan rings is 2. The SMILES string of the molecule is CCc1oc2ccccc2c1/C=C/C(=O)NNC(=O)c1ccc(CN(CC)CC)o1. The number of amides is 2. The number of hydrogen-bond acceptors (Lipinski definition) is 5. The number of rotatable bonds is 8. The number of aryl methyl sites for hydroxylation is 1. The molecule has 0 bridgehead atoms. The second kappa shape index (κ2) is 9.93. The van der Waals surface area contributed by atoms with Gasteiger partial charge in [0.05, 0.1) is 6.54 Å². The molecule has 0 unspecified atom stereocenters. The molecule has 0 saturated carbocycles. The highest BCUT2D eigenvalue weighted by Crippen LogP contribution is 2.27. The summed E-state index contributed by atoms with van der Waals surface area (Å²) < 4.78 is 11.4. The fourth-order valence-electron chi connectivity index (χ4n) is 3.19. The zero-order valence-corrected chi connectivity index (χ0v) is 17.5. The van der Waals surface area contributed by atoms with E-state index in [4.69, 9.17) is 8.83 Å². The first-order valence-corrected chi connectivity index (χ1v) is 10.2. The van der Waals surface area contributed by atoms with Gasteiger partial charge in [-0.2, -0.15) is 0 Å². The molecule has 7 nitrogen and oxygen atoms in total. The van der Waals surface area contributed by atoms with Crippen molar-refractivity contribution in [2.24, 2.45) is 0 Å². The lowest BCUT2D eigenvalue weighted by Gasteiger charge is -2.15. The Hall–Kier alpha value is -3.32. The molecule has 0 aliphatic carbocycles. The standard InChI is InChI=1S/C23H27N3O4/c1-4-19-18(17-9-7-8-10-20(17)30-19)12-14-22(27)24-25-23(28)21-13-11-16(29-21)15-26(5-2)6-3/h7-14H,4-6,15H2,1-3H3,(H,24,27)(H,25,28)/b14-12+. The molecule has 0 atom stereocenters. The van der Waals surface area contributed by atoms with Crippen LogP contribution in [0.15, 0.2) is 51.3 Å². The molecule has 2 aromatic heterocycles. The van der Waals surface area contributed by atoms with E-state index in [-0.39, 0.29) is 5.76 Å². The summed E-state index contributed by atoms with van der Waals surface area (Å²) in [5.74, 6) is 0.696. The van der Waals surface area contributed by atoms with E-state index in [1.54, 1.807) is 18.2 Å². The first kappa shape index (κ1) is 21.4. The zero-order chi connectivity index (χ0) is 21.5. The van der Waals surface area contributed by atoms with Crippen LogP contribution in [0.2, 0.25) is 0 Å². The summed E-state index contributed by atoms with van der Waals surface area (Å²) in [5.41, 5.74) is 6.39. The van der Waals surface area contributed by atoms with E-state index < -0.39 is 11.8 Å². The number of carbonyl (C=O) groups is 2. The maximum absolute atomic E-state index is 12.2. The van der Waals surface area contributed by atoms with E-state index in [1.165, 1.54) is 6.08 Å². The van der Waals surface area contributed by atoms with Crippen LogP contribution in [0.5, 0.6) is 0 Å². The summed E-state index contributed by atoms with van der Waals surface area (Å²) in [6, 6.07) is 11.0. The van der Waals surface area contributed by atoms with Gasteiger partial charge in [-0.15, -0.1) is 0 Å². The van der Waals surface area contributed by atoms with E-state index in [2.05, 4.69) is 29.6 Å². The normalized spacial score (nSPS) is 11.5. The van der Waals surface area contributed by atoms with Crippen molar-refractivity contribution in [2.75, 3.05) is 13.1 Å². The van der Waals surface area contributed by atoms with Gasteiger partial charge in [0.1, 0.15) is 17.1 Å². The summed E-state index contributed by atoms with van der Waals surface area (Å²) in [5, 5.41) is 0.943. The van der Waals surface area contributed by atoms with Crippen molar-refractivity contribution in [1.82, 2.24) is 15.8 Å². The molecule has 3 aromatic rings. The molecular weight excluding hydrogens is 382 g/mol. The van der Waals surface area contributed by atoms with E-state index >= 15 is 0 Å². The third-order valence-corrected chi connectivity index (χ3v) is 4.89. The maximum atomic E-state index is 12.2. The molecule has 3 rings (SSSR count). The summed E-state index contributed by atoms with van der Waals surface area (Å²) in [6.45, 7) is 8.55. The highest BCUT2D eigenvalue weighted by Gasteiger charge is 2.14. The monoisotopic (exact) mass is 409 g/mol. The van der Waals surface area contributed by atoms with Gasteiger partial charge in [0.25, 0.3) is 5.91 Å². The Labute approximate surface area is 175 Å². The Morgan fingerprint density at radius 3 is 2.50 bits per heavy atom. The number of para-hydroxylation sites is 1. The lowest BCUT2D eigenvalue weighted by molar-refractivity contribution is -0.117. The smallest absolute Gasteiger partial charge is 0.305 e. The fraction of sp³-hybridized carbons (Fsp3) is 0.304. The van der Waals surface area contributed by atoms with Crippen molar-refractivity contribution in [3.05, 3.63) is 65.3 Å². The lowest BCUT2D eigenvalue weighted by Crippen LogP contribution is -2.40. The Morgan fingerprint density at radius 1 is 1.00 bits per heavy atom. The van der Waals surface area contributed by atoms with E-state index in [9.17, 15) is 9.59 Å². The van der Waals surface area contributed by atoms with Crippen molar-refractivity contribution >= 4 is 28.9 Å². The predicted molar refractivity (Wildman–Crippen MR) is 116 cm³/mol. The summed E-state index contributed by atoms with van der Waals surface area (Å²) in [4.78, 5) is 26.6. The van der Waals surface area contributed by atoms with Crippen LogP contribution in [0.1, 0.15) is 48.4 Å². The van der Waals surface area contributed by atoms with Crippen LogP contribution in [0, 0.1) is 0 Å². The Balaban J connectivity index is 1.59. The molecule has 30 heavy (non-hydrogen) atoms. The molecular formula is C23H27N3O4. The van der Waals surface area contributed by atoms with Gasteiger partial charge in [0.2, 0.25) is 0 Å². The molecule has 2 N–H and O–H groups in total. The highest BCUT2D eigenvalue weighted by molar-refractivity contribution is 5.98. The number of carbonyl (C=O) groups excluding carboxylic acids is 2. The highest BCUT2D eigenvalue weighted by atomic mass is 16.4. The molecule has 2 heterocycles. The van der Waals surface area contributed by atoms with Gasteiger partial charge in [-0.05, 0) is 37.4 Å². The largest absolute Gasteiger partial charge is 0.460 e. The molecule has 158 valence electrons. The van der Waals surface area contributed by atoms with Crippen LogP contribution in [0.4, 0.5) is 0 Å². The van der Waals surface area contributed by atoms with Gasteiger partial charge < -0.3 is 8.83 Å². The van der Waals surface area contributed by atoms with Crippen molar-refractivity contribution in [3.63, 3.8) is 0 Å². The zero-order valence-electron chi connectivity index (χ0n) is 17.5. The second-order valence-electron chi connectivity index (χ2n) is 6.79. The summed E-state index contributed by atoms with van der Waals surface area (Å²) in [6.07, 6.45) is 3.77. The number of fused-ring (bicyclic) bond motifs is 1. The van der Waals surface area contributed by atoms with Crippen LogP contribution in [-0.4, -0.2) is 29.8 Å². The lowest BCUT2D eigenvalue weighted by atomic mass is 10.1. The van der Waals surface area contributed by atoms with Crippen molar-refractivity contribution < 1.29 is 18.4 Å². The molecule has 0 saturated heterocycles. The third-order valence-electron chi connectivity index (χ3n) is 4.89. The van der Waals surface area contributed by atoms with Crippen molar-refractivity contribution in [2.45, 2.75) is 33.7 Å². The van der Waals surface area contributed by atoms with E-state index in [0.29, 0.717) is 18.7 Å². The van der Waals surface area contributed by atoms with Crippen LogP contribution in [-0.2, 0) is 17.8 Å². The van der Waals surface area contributed by atoms with Crippen LogP contribution >= 0.6 is 0 Å². The first-order valence-electron chi connectivity index (χ1n) is 10.2. The Bertz CT molecular complexity index is 1040. The number of benzene rings is 1. The molecule has 0 spiro atoms. The van der Waals surface area contributed by atoms with Gasteiger partial charge in [-0.1, -0.05) is 39.0 Å². The summed E-state index contributed by atoms with van der Waals surface area (Å²) in [7, 11) is 0. The van der Waals surface area contributed by atoms with Crippen molar-refractivity contribution in [1.29, 1.82) is 0 Å². The molecule has 0 aliphatic heterocycles. The molecule has 2 amide bonds. The van der Waals surface area contributed by atoms with Crippen molar-refractivity contribution in [3.8, 4) is 0 Å². The Morgan fingerprint density at radius 2 is 1.77 bits per heavy atom.